The first-order chi connectivity index (χ1) is 11.2. The molecule has 2 heteroatoms. The first-order valence-electron chi connectivity index (χ1n) is 7.59. The molecule has 0 aliphatic rings. The number of rotatable bonds is 3. The normalized spacial score (nSPS) is 11.2. The minimum atomic E-state index is 0.0409. The second-order valence-electron chi connectivity index (χ2n) is 5.53. The number of nitrogens with zero attached hydrogens (tertiary/aromatic N) is 1. The fourth-order valence-electron chi connectivity index (χ4n) is 3.02. The van der Waals surface area contributed by atoms with Gasteiger partial charge in [-0.25, -0.2) is 4.79 Å². The summed E-state index contributed by atoms with van der Waals surface area (Å²) in [5.41, 5.74) is 3.67. The fraction of sp³-hybridized carbons (Fsp3) is 0.0476. The van der Waals surface area contributed by atoms with E-state index < -0.39 is 0 Å². The van der Waals surface area contributed by atoms with Crippen molar-refractivity contribution in [2.75, 3.05) is 0 Å². The molecule has 3 aromatic carbocycles. The molecule has 0 heterocycles. The molecule has 0 aliphatic carbocycles. The van der Waals surface area contributed by atoms with E-state index in [-0.39, 0.29) is 10.4 Å². The Balaban J connectivity index is 2.36. The van der Waals surface area contributed by atoms with Crippen LogP contribution in [0.25, 0.3) is 0 Å². The van der Waals surface area contributed by atoms with Crippen LogP contribution in [0.3, 0.4) is 0 Å². The molecule has 0 aliphatic heterocycles. The summed E-state index contributed by atoms with van der Waals surface area (Å²) in [6.07, 6.45) is 0. The Morgan fingerprint density at radius 2 is 1.09 bits per heavy atom. The quantitative estimate of drug-likeness (QED) is 0.593. The number of para-hydroxylation sites is 2. The number of benzene rings is 3. The Morgan fingerprint density at radius 3 is 1.48 bits per heavy atom. The summed E-state index contributed by atoms with van der Waals surface area (Å²) >= 11 is 0. The molecule has 113 valence electrons. The Hall–Kier alpha value is -2.71. The molecule has 3 rings (SSSR count). The SMILES string of the molecule is [CH2]c1ccc([N+](C(C)=O)(c2ccccc2)c2ccccc2)cc1. The molecule has 2 nitrogen and oxygen atoms in total. The molecule has 0 unspecified atom stereocenters. The Bertz CT molecular complexity index is 753. The lowest BCUT2D eigenvalue weighted by atomic mass is 10.1. The van der Waals surface area contributed by atoms with Gasteiger partial charge in [0.05, 0.1) is 6.92 Å². The van der Waals surface area contributed by atoms with E-state index in [4.69, 9.17) is 0 Å². The zero-order valence-corrected chi connectivity index (χ0v) is 13.1. The highest BCUT2D eigenvalue weighted by Crippen LogP contribution is 2.43. The van der Waals surface area contributed by atoms with Crippen molar-refractivity contribution in [3.05, 3.63) is 97.4 Å². The van der Waals surface area contributed by atoms with Crippen LogP contribution in [0.2, 0.25) is 0 Å². The van der Waals surface area contributed by atoms with E-state index in [2.05, 4.69) is 6.92 Å². The summed E-state index contributed by atoms with van der Waals surface area (Å²) in [5.74, 6) is 0.0409. The zero-order valence-electron chi connectivity index (χ0n) is 13.1. The van der Waals surface area contributed by atoms with Crippen molar-refractivity contribution in [3.63, 3.8) is 0 Å². The van der Waals surface area contributed by atoms with Gasteiger partial charge in [-0.1, -0.05) is 48.5 Å². The predicted molar refractivity (Wildman–Crippen MR) is 95.6 cm³/mol. The maximum atomic E-state index is 12.9. The highest BCUT2D eigenvalue weighted by atomic mass is 16.2. The third-order valence-electron chi connectivity index (χ3n) is 4.08. The van der Waals surface area contributed by atoms with Crippen molar-refractivity contribution in [2.24, 2.45) is 0 Å². The van der Waals surface area contributed by atoms with Gasteiger partial charge < -0.3 is 0 Å². The van der Waals surface area contributed by atoms with Crippen molar-refractivity contribution in [1.29, 1.82) is 0 Å². The lowest BCUT2D eigenvalue weighted by molar-refractivity contribution is -0.123. The molecular weight excluding hydrogens is 282 g/mol. The van der Waals surface area contributed by atoms with Crippen LogP contribution in [-0.2, 0) is 4.79 Å². The zero-order chi connectivity index (χ0) is 16.3. The molecule has 0 N–H and O–H groups in total. The number of hydrogen-bond acceptors (Lipinski definition) is 1. The van der Waals surface area contributed by atoms with Gasteiger partial charge in [0.25, 0.3) is 0 Å². The molecule has 23 heavy (non-hydrogen) atoms. The number of quaternary nitrogens is 1. The molecule has 0 atom stereocenters. The molecule has 0 saturated heterocycles. The predicted octanol–water partition coefficient (Wildman–Crippen LogP) is 5.39. The molecule has 0 aromatic heterocycles. The Kier molecular flexibility index (Phi) is 4.09. The van der Waals surface area contributed by atoms with Gasteiger partial charge in [0, 0.05) is 36.4 Å². The van der Waals surface area contributed by atoms with E-state index in [1.165, 1.54) is 0 Å². The van der Waals surface area contributed by atoms with Gasteiger partial charge in [-0.3, -0.25) is 0 Å². The van der Waals surface area contributed by atoms with Crippen molar-refractivity contribution in [1.82, 2.24) is 4.48 Å². The Labute approximate surface area is 137 Å². The van der Waals surface area contributed by atoms with Crippen molar-refractivity contribution < 1.29 is 4.79 Å². The summed E-state index contributed by atoms with van der Waals surface area (Å²) in [5, 5.41) is 0. The highest BCUT2D eigenvalue weighted by Gasteiger charge is 2.41. The first-order valence-corrected chi connectivity index (χ1v) is 7.59. The molecule has 0 spiro atoms. The summed E-state index contributed by atoms with van der Waals surface area (Å²) in [4.78, 5) is 12.9. The average molecular weight is 301 g/mol. The summed E-state index contributed by atoms with van der Waals surface area (Å²) in [6, 6.07) is 27.6. The van der Waals surface area contributed by atoms with Crippen LogP contribution in [-0.4, -0.2) is 5.91 Å². The first kappa shape index (κ1) is 15.2. The van der Waals surface area contributed by atoms with Gasteiger partial charge in [0.15, 0.2) is 17.1 Å². The summed E-state index contributed by atoms with van der Waals surface area (Å²) < 4.78 is 0.0575. The fourth-order valence-corrected chi connectivity index (χ4v) is 3.02. The van der Waals surface area contributed by atoms with Crippen LogP contribution < -0.4 is 4.48 Å². The monoisotopic (exact) mass is 301 g/mol. The van der Waals surface area contributed by atoms with Crippen LogP contribution in [0.15, 0.2) is 84.9 Å². The van der Waals surface area contributed by atoms with Crippen LogP contribution in [0.4, 0.5) is 17.1 Å². The van der Waals surface area contributed by atoms with Gasteiger partial charge in [-0.05, 0) is 12.5 Å². The van der Waals surface area contributed by atoms with Crippen molar-refractivity contribution in [3.8, 4) is 0 Å². The standard InChI is InChI=1S/C21H19NO/c1-17-13-15-21(16-14-17)22(18(2)23,19-9-5-3-6-10-19)20-11-7-4-8-12-20/h3-16H,1H2,2H3/q+1. The molecule has 0 saturated carbocycles. The molecular formula is C21H19NO+. The molecule has 1 radical (unpaired) electrons. The second kappa shape index (κ2) is 6.19. The van der Waals surface area contributed by atoms with Gasteiger partial charge in [0.2, 0.25) is 0 Å². The van der Waals surface area contributed by atoms with Crippen molar-refractivity contribution >= 4 is 23.0 Å². The maximum Gasteiger partial charge on any atom is 0.325 e. The minimum Gasteiger partial charge on any atom is -0.230 e. The van der Waals surface area contributed by atoms with E-state index in [0.29, 0.717) is 0 Å². The minimum absolute atomic E-state index is 0.0409. The second-order valence-corrected chi connectivity index (χ2v) is 5.53. The molecule has 1 amide bonds. The largest absolute Gasteiger partial charge is 0.325 e. The third-order valence-corrected chi connectivity index (χ3v) is 4.08. The number of carbonyl (C=O) groups excluding carboxylic acids is 1. The van der Waals surface area contributed by atoms with E-state index in [1.54, 1.807) is 6.92 Å². The number of amides is 1. The molecule has 3 aromatic rings. The summed E-state index contributed by atoms with van der Waals surface area (Å²) in [7, 11) is 0. The van der Waals surface area contributed by atoms with Gasteiger partial charge in [0.1, 0.15) is 0 Å². The van der Waals surface area contributed by atoms with E-state index >= 15 is 0 Å². The molecule has 0 fully saturated rings. The van der Waals surface area contributed by atoms with Crippen LogP contribution >= 0.6 is 0 Å². The van der Waals surface area contributed by atoms with Crippen LogP contribution in [0.5, 0.6) is 0 Å². The lowest BCUT2D eigenvalue weighted by Gasteiger charge is -2.33. The van der Waals surface area contributed by atoms with Crippen LogP contribution in [0.1, 0.15) is 12.5 Å². The van der Waals surface area contributed by atoms with E-state index in [0.717, 1.165) is 22.6 Å². The molecule has 0 bridgehead atoms. The lowest BCUT2D eigenvalue weighted by Crippen LogP contribution is -2.43. The van der Waals surface area contributed by atoms with Crippen LogP contribution in [0, 0.1) is 6.92 Å². The third kappa shape index (κ3) is 2.58. The smallest absolute Gasteiger partial charge is 0.230 e. The number of hydrogen-bond donors (Lipinski definition) is 0. The topological polar surface area (TPSA) is 17.1 Å². The van der Waals surface area contributed by atoms with Gasteiger partial charge >= 0.3 is 5.91 Å². The number of carbonyl (C=O) groups is 1. The Morgan fingerprint density at radius 1 is 0.696 bits per heavy atom. The van der Waals surface area contributed by atoms with Crippen molar-refractivity contribution in [2.45, 2.75) is 6.92 Å². The van der Waals surface area contributed by atoms with E-state index in [9.17, 15) is 4.79 Å². The highest BCUT2D eigenvalue weighted by molar-refractivity contribution is 6.00. The van der Waals surface area contributed by atoms with Gasteiger partial charge in [-0.15, -0.1) is 0 Å². The maximum absolute atomic E-state index is 12.9. The summed E-state index contributed by atoms with van der Waals surface area (Å²) in [6.45, 7) is 5.58. The van der Waals surface area contributed by atoms with E-state index in [1.807, 2.05) is 84.9 Å². The average Bonchev–Trinajstić information content (AvgIpc) is 2.59. The van der Waals surface area contributed by atoms with Gasteiger partial charge in [-0.2, -0.15) is 4.48 Å².